The van der Waals surface area contributed by atoms with Crippen LogP contribution < -0.4 is 4.90 Å². The number of rotatable bonds is 7. The van der Waals surface area contributed by atoms with Gasteiger partial charge in [0.1, 0.15) is 5.75 Å². The van der Waals surface area contributed by atoms with Gasteiger partial charge in [0, 0.05) is 62.6 Å². The monoisotopic (exact) mass is 458 g/mol. The molecule has 1 atom stereocenters. The average molecular weight is 459 g/mol. The lowest BCUT2D eigenvalue weighted by molar-refractivity contribution is 0.145. The summed E-state index contributed by atoms with van der Waals surface area (Å²) in [7, 11) is 0. The lowest BCUT2D eigenvalue weighted by Gasteiger charge is -2.39. The van der Waals surface area contributed by atoms with E-state index in [1.807, 2.05) is 18.3 Å². The summed E-state index contributed by atoms with van der Waals surface area (Å²) in [4.78, 5) is 12.5. The Labute approximate surface area is 204 Å². The second-order valence-electron chi connectivity index (χ2n) is 10.0. The number of hydrogen-bond acceptors (Lipinski definition) is 5. The van der Waals surface area contributed by atoms with Crippen LogP contribution in [0.4, 0.5) is 5.69 Å². The number of phenolic OH excluding ortho intramolecular Hbond substituents is 1. The van der Waals surface area contributed by atoms with E-state index in [9.17, 15) is 5.11 Å². The molecule has 1 N–H and O–H groups in total. The number of pyridine rings is 1. The molecule has 1 unspecified atom stereocenters. The zero-order valence-electron chi connectivity index (χ0n) is 20.7. The van der Waals surface area contributed by atoms with Crippen molar-refractivity contribution in [3.8, 4) is 5.75 Å². The van der Waals surface area contributed by atoms with Crippen molar-refractivity contribution in [3.05, 3.63) is 65.4 Å². The zero-order chi connectivity index (χ0) is 23.5. The van der Waals surface area contributed by atoms with E-state index in [0.717, 1.165) is 64.2 Å². The molecule has 1 aliphatic heterocycles. The molecule has 1 aliphatic carbocycles. The first kappa shape index (κ1) is 23.1. The molecule has 2 aromatic carbocycles. The van der Waals surface area contributed by atoms with Crippen molar-refractivity contribution in [2.24, 2.45) is 0 Å². The first-order valence-electron chi connectivity index (χ1n) is 13.0. The largest absolute Gasteiger partial charge is 0.508 e. The molecule has 34 heavy (non-hydrogen) atoms. The minimum atomic E-state index is 0.399. The summed E-state index contributed by atoms with van der Waals surface area (Å²) >= 11 is 0. The molecule has 180 valence electrons. The molecule has 1 fully saturated rings. The van der Waals surface area contributed by atoms with Crippen LogP contribution in [0.3, 0.4) is 0 Å². The van der Waals surface area contributed by atoms with E-state index >= 15 is 0 Å². The highest BCUT2D eigenvalue weighted by atomic mass is 16.3. The maximum atomic E-state index is 9.94. The number of piperazine rings is 1. The van der Waals surface area contributed by atoms with Gasteiger partial charge in [0.25, 0.3) is 0 Å². The Morgan fingerprint density at radius 3 is 2.71 bits per heavy atom. The SMILES string of the molecule is CCCN(CCN1CCN(c2ccnc3c(C)cccc23)CC1)C1CCc2ccc(O)cc2C1. The Bertz CT molecular complexity index is 1120. The maximum absolute atomic E-state index is 9.94. The van der Waals surface area contributed by atoms with Crippen LogP contribution in [0.5, 0.6) is 5.75 Å². The van der Waals surface area contributed by atoms with E-state index in [1.54, 1.807) is 0 Å². The van der Waals surface area contributed by atoms with Gasteiger partial charge < -0.3 is 10.0 Å². The van der Waals surface area contributed by atoms with Crippen molar-refractivity contribution in [1.82, 2.24) is 14.8 Å². The lowest BCUT2D eigenvalue weighted by Crippen LogP contribution is -2.50. The maximum Gasteiger partial charge on any atom is 0.115 e. The van der Waals surface area contributed by atoms with Crippen LogP contribution in [0.1, 0.15) is 36.5 Å². The normalized spacial score (nSPS) is 19.0. The highest BCUT2D eigenvalue weighted by Crippen LogP contribution is 2.29. The third-order valence-electron chi connectivity index (χ3n) is 7.79. The summed E-state index contributed by atoms with van der Waals surface area (Å²) in [6.45, 7) is 12.2. The number of para-hydroxylation sites is 1. The summed E-state index contributed by atoms with van der Waals surface area (Å²) in [5, 5.41) is 11.2. The topological polar surface area (TPSA) is 42.8 Å². The van der Waals surface area contributed by atoms with E-state index in [2.05, 4.69) is 63.9 Å². The van der Waals surface area contributed by atoms with Crippen LogP contribution in [-0.2, 0) is 12.8 Å². The first-order valence-corrected chi connectivity index (χ1v) is 13.0. The van der Waals surface area contributed by atoms with Gasteiger partial charge in [-0.25, -0.2) is 0 Å². The van der Waals surface area contributed by atoms with Crippen molar-refractivity contribution in [2.75, 3.05) is 50.7 Å². The molecule has 1 aromatic heterocycles. The van der Waals surface area contributed by atoms with Gasteiger partial charge in [-0.3, -0.25) is 14.8 Å². The standard InChI is InChI=1S/C29H38N4O/c1-3-13-32(25-9-7-23-8-10-26(34)21-24(23)20-25)17-14-31-15-18-33(19-16-31)28-11-12-30-29-22(2)5-4-6-27(28)29/h4-6,8,10-12,21,25,34H,3,7,9,13-20H2,1-2H3. The number of nitrogens with zero attached hydrogens (tertiary/aromatic N) is 4. The van der Waals surface area contributed by atoms with E-state index in [0.29, 0.717) is 11.8 Å². The molecule has 5 rings (SSSR count). The quantitative estimate of drug-likeness (QED) is 0.559. The summed E-state index contributed by atoms with van der Waals surface area (Å²) < 4.78 is 0. The predicted octanol–water partition coefficient (Wildman–Crippen LogP) is 4.64. The number of aromatic hydroxyl groups is 1. The number of hydrogen-bond donors (Lipinski definition) is 1. The number of aromatic nitrogens is 1. The molecule has 1 saturated heterocycles. The van der Waals surface area contributed by atoms with Gasteiger partial charge in [0.2, 0.25) is 0 Å². The molecule has 0 saturated carbocycles. The molecule has 5 heteroatoms. The molecule has 0 bridgehead atoms. The van der Waals surface area contributed by atoms with Crippen LogP contribution in [0.25, 0.3) is 10.9 Å². The lowest BCUT2D eigenvalue weighted by atomic mass is 9.87. The number of fused-ring (bicyclic) bond motifs is 2. The molecule has 0 amide bonds. The van der Waals surface area contributed by atoms with Gasteiger partial charge in [0.05, 0.1) is 5.52 Å². The number of benzene rings is 2. The Morgan fingerprint density at radius 1 is 1.03 bits per heavy atom. The van der Waals surface area contributed by atoms with Gasteiger partial charge in [-0.2, -0.15) is 0 Å². The zero-order valence-corrected chi connectivity index (χ0v) is 20.7. The van der Waals surface area contributed by atoms with Gasteiger partial charge >= 0.3 is 0 Å². The Balaban J connectivity index is 1.18. The van der Waals surface area contributed by atoms with Crippen LogP contribution in [0, 0.1) is 6.92 Å². The molecule has 0 spiro atoms. The van der Waals surface area contributed by atoms with Crippen molar-refractivity contribution in [2.45, 2.75) is 45.6 Å². The third-order valence-corrected chi connectivity index (χ3v) is 7.79. The summed E-state index contributed by atoms with van der Waals surface area (Å²) in [5.41, 5.74) is 6.45. The van der Waals surface area contributed by atoms with Crippen molar-refractivity contribution >= 4 is 16.6 Å². The van der Waals surface area contributed by atoms with Crippen molar-refractivity contribution < 1.29 is 5.11 Å². The summed E-state index contributed by atoms with van der Waals surface area (Å²) in [6.07, 6.45) is 6.55. The van der Waals surface area contributed by atoms with Gasteiger partial charge in [-0.15, -0.1) is 0 Å². The summed E-state index contributed by atoms with van der Waals surface area (Å²) in [5.74, 6) is 0.399. The molecule has 0 radical (unpaired) electrons. The van der Waals surface area contributed by atoms with E-state index in [4.69, 9.17) is 0 Å². The van der Waals surface area contributed by atoms with Crippen LogP contribution in [-0.4, -0.2) is 71.7 Å². The van der Waals surface area contributed by atoms with Crippen molar-refractivity contribution in [3.63, 3.8) is 0 Å². The second kappa shape index (κ2) is 10.3. The molecule has 5 nitrogen and oxygen atoms in total. The molecular formula is C29H38N4O. The Morgan fingerprint density at radius 2 is 1.88 bits per heavy atom. The van der Waals surface area contributed by atoms with Gasteiger partial charge in [-0.1, -0.05) is 31.2 Å². The van der Waals surface area contributed by atoms with E-state index < -0.39 is 0 Å². The number of phenols is 1. The molecule has 3 aromatic rings. The highest BCUT2D eigenvalue weighted by Gasteiger charge is 2.25. The molecule has 2 aliphatic rings. The van der Waals surface area contributed by atoms with E-state index in [-0.39, 0.29) is 0 Å². The average Bonchev–Trinajstić information content (AvgIpc) is 2.86. The predicted molar refractivity (Wildman–Crippen MR) is 141 cm³/mol. The number of anilines is 1. The van der Waals surface area contributed by atoms with Gasteiger partial charge in [0.15, 0.2) is 0 Å². The summed E-state index contributed by atoms with van der Waals surface area (Å²) in [6, 6.07) is 15.2. The third kappa shape index (κ3) is 4.91. The molecular weight excluding hydrogens is 420 g/mol. The fraction of sp³-hybridized carbons (Fsp3) is 0.483. The second-order valence-corrected chi connectivity index (χ2v) is 10.0. The highest BCUT2D eigenvalue weighted by molar-refractivity contribution is 5.93. The minimum Gasteiger partial charge on any atom is -0.508 e. The molecule has 2 heterocycles. The Kier molecular flexibility index (Phi) is 7.02. The van der Waals surface area contributed by atoms with Crippen LogP contribution >= 0.6 is 0 Å². The van der Waals surface area contributed by atoms with Crippen molar-refractivity contribution in [1.29, 1.82) is 0 Å². The Hall–Kier alpha value is -2.63. The van der Waals surface area contributed by atoms with Crippen LogP contribution in [0.2, 0.25) is 0 Å². The fourth-order valence-electron chi connectivity index (χ4n) is 5.87. The van der Waals surface area contributed by atoms with Gasteiger partial charge in [-0.05, 0) is 74.0 Å². The van der Waals surface area contributed by atoms with E-state index in [1.165, 1.54) is 40.6 Å². The first-order chi connectivity index (χ1) is 16.6. The number of aryl methyl sites for hydroxylation is 2. The van der Waals surface area contributed by atoms with Crippen LogP contribution in [0.15, 0.2) is 48.7 Å². The fourth-order valence-corrected chi connectivity index (χ4v) is 5.87. The minimum absolute atomic E-state index is 0.399. The smallest absolute Gasteiger partial charge is 0.115 e.